The number of imidazole rings is 1. The van der Waals surface area contributed by atoms with Crippen LogP contribution in [0.2, 0.25) is 0 Å². The van der Waals surface area contributed by atoms with Crippen LogP contribution in [0.15, 0.2) is 12.4 Å². The van der Waals surface area contributed by atoms with Crippen LogP contribution in [0.5, 0.6) is 0 Å². The smallest absolute Gasteiger partial charge is 0.123 e. The lowest BCUT2D eigenvalue weighted by molar-refractivity contribution is 0.226. The molecule has 1 unspecified atom stereocenters. The largest absolute Gasteiger partial charge is 0.347 e. The summed E-state index contributed by atoms with van der Waals surface area (Å²) in [6, 6.07) is 0.453. The van der Waals surface area contributed by atoms with Crippen LogP contribution in [0.3, 0.4) is 0 Å². The SMILES string of the molecule is CCNC(c1ncc[nH]1)C1CCC1. The van der Waals surface area contributed by atoms with Gasteiger partial charge in [0.25, 0.3) is 0 Å². The predicted molar refractivity (Wildman–Crippen MR) is 52.3 cm³/mol. The summed E-state index contributed by atoms with van der Waals surface area (Å²) in [7, 11) is 0. The van der Waals surface area contributed by atoms with Crippen molar-refractivity contribution in [3.63, 3.8) is 0 Å². The number of nitrogens with zero attached hydrogens (tertiary/aromatic N) is 1. The van der Waals surface area contributed by atoms with Gasteiger partial charge in [-0.3, -0.25) is 0 Å². The summed E-state index contributed by atoms with van der Waals surface area (Å²) in [5, 5.41) is 3.49. The Morgan fingerprint density at radius 1 is 1.69 bits per heavy atom. The molecule has 1 aromatic rings. The van der Waals surface area contributed by atoms with Crippen LogP contribution in [0.1, 0.15) is 38.1 Å². The maximum Gasteiger partial charge on any atom is 0.123 e. The molecule has 0 aromatic carbocycles. The number of rotatable bonds is 4. The van der Waals surface area contributed by atoms with E-state index < -0.39 is 0 Å². The zero-order valence-electron chi connectivity index (χ0n) is 8.09. The molecule has 3 nitrogen and oxygen atoms in total. The zero-order chi connectivity index (χ0) is 9.10. The van der Waals surface area contributed by atoms with Gasteiger partial charge >= 0.3 is 0 Å². The Morgan fingerprint density at radius 2 is 2.54 bits per heavy atom. The fourth-order valence-corrected chi connectivity index (χ4v) is 1.93. The maximum absolute atomic E-state index is 4.32. The molecule has 1 aliphatic carbocycles. The van der Waals surface area contributed by atoms with E-state index in [1.165, 1.54) is 19.3 Å². The third-order valence-electron chi connectivity index (χ3n) is 2.86. The van der Waals surface area contributed by atoms with E-state index in [1.54, 1.807) is 0 Å². The Labute approximate surface area is 79.0 Å². The van der Waals surface area contributed by atoms with Crippen LogP contribution in [-0.4, -0.2) is 16.5 Å². The van der Waals surface area contributed by atoms with Gasteiger partial charge in [-0.2, -0.15) is 0 Å². The van der Waals surface area contributed by atoms with Gasteiger partial charge in [-0.1, -0.05) is 13.3 Å². The van der Waals surface area contributed by atoms with Crippen LogP contribution in [0.4, 0.5) is 0 Å². The number of hydrogen-bond donors (Lipinski definition) is 2. The molecular weight excluding hydrogens is 162 g/mol. The first-order valence-corrected chi connectivity index (χ1v) is 5.14. The number of aromatic amines is 1. The van der Waals surface area contributed by atoms with Crippen molar-refractivity contribution < 1.29 is 0 Å². The average Bonchev–Trinajstić information content (AvgIpc) is 2.51. The summed E-state index contributed by atoms with van der Waals surface area (Å²) in [5.41, 5.74) is 0. The zero-order valence-corrected chi connectivity index (χ0v) is 8.09. The molecule has 1 fully saturated rings. The fourth-order valence-electron chi connectivity index (χ4n) is 1.93. The molecule has 0 spiro atoms. The van der Waals surface area contributed by atoms with E-state index in [2.05, 4.69) is 22.2 Å². The Kier molecular flexibility index (Phi) is 2.64. The molecule has 0 radical (unpaired) electrons. The van der Waals surface area contributed by atoms with Gasteiger partial charge < -0.3 is 10.3 Å². The van der Waals surface area contributed by atoms with Crippen LogP contribution >= 0.6 is 0 Å². The van der Waals surface area contributed by atoms with Gasteiger partial charge in [-0.05, 0) is 25.3 Å². The van der Waals surface area contributed by atoms with Crippen molar-refractivity contribution in [2.45, 2.75) is 32.2 Å². The molecule has 1 aliphatic rings. The van der Waals surface area contributed by atoms with Crippen molar-refractivity contribution in [1.82, 2.24) is 15.3 Å². The molecular formula is C10H17N3. The second kappa shape index (κ2) is 3.92. The molecule has 1 aromatic heterocycles. The summed E-state index contributed by atoms with van der Waals surface area (Å²) >= 11 is 0. The fraction of sp³-hybridized carbons (Fsp3) is 0.700. The van der Waals surface area contributed by atoms with Gasteiger partial charge in [0.15, 0.2) is 0 Å². The van der Waals surface area contributed by atoms with Crippen molar-refractivity contribution >= 4 is 0 Å². The first-order valence-electron chi connectivity index (χ1n) is 5.14. The van der Waals surface area contributed by atoms with Crippen molar-refractivity contribution in [1.29, 1.82) is 0 Å². The summed E-state index contributed by atoms with van der Waals surface area (Å²) in [4.78, 5) is 7.52. The Bertz CT molecular complexity index is 239. The van der Waals surface area contributed by atoms with Gasteiger partial charge in [0.2, 0.25) is 0 Å². The van der Waals surface area contributed by atoms with Gasteiger partial charge in [0, 0.05) is 12.4 Å². The van der Waals surface area contributed by atoms with Gasteiger partial charge in [0.05, 0.1) is 6.04 Å². The Balaban J connectivity index is 2.04. The van der Waals surface area contributed by atoms with Gasteiger partial charge in [0.1, 0.15) is 5.82 Å². The lowest BCUT2D eigenvalue weighted by Crippen LogP contribution is -2.32. The molecule has 2 N–H and O–H groups in total. The van der Waals surface area contributed by atoms with Crippen molar-refractivity contribution in [2.24, 2.45) is 5.92 Å². The first kappa shape index (κ1) is 8.75. The van der Waals surface area contributed by atoms with E-state index in [9.17, 15) is 0 Å². The molecule has 2 rings (SSSR count). The minimum Gasteiger partial charge on any atom is -0.347 e. The highest BCUT2D eigenvalue weighted by molar-refractivity contribution is 5.00. The van der Waals surface area contributed by atoms with E-state index >= 15 is 0 Å². The summed E-state index contributed by atoms with van der Waals surface area (Å²) < 4.78 is 0. The minimum absolute atomic E-state index is 0.453. The summed E-state index contributed by atoms with van der Waals surface area (Å²) in [5.74, 6) is 1.90. The number of hydrogen-bond acceptors (Lipinski definition) is 2. The molecule has 0 amide bonds. The van der Waals surface area contributed by atoms with E-state index in [0.29, 0.717) is 6.04 Å². The Hall–Kier alpha value is -0.830. The second-order valence-electron chi connectivity index (χ2n) is 3.70. The first-order chi connectivity index (χ1) is 6.42. The van der Waals surface area contributed by atoms with Gasteiger partial charge in [-0.15, -0.1) is 0 Å². The highest BCUT2D eigenvalue weighted by atomic mass is 15.0. The van der Waals surface area contributed by atoms with Crippen LogP contribution < -0.4 is 5.32 Å². The maximum atomic E-state index is 4.32. The lowest BCUT2D eigenvalue weighted by Gasteiger charge is -2.33. The third-order valence-corrected chi connectivity index (χ3v) is 2.86. The molecule has 0 bridgehead atoms. The number of aromatic nitrogens is 2. The van der Waals surface area contributed by atoms with Crippen molar-refractivity contribution in [3.05, 3.63) is 18.2 Å². The van der Waals surface area contributed by atoms with Crippen molar-refractivity contribution in [3.8, 4) is 0 Å². The van der Waals surface area contributed by atoms with Crippen LogP contribution in [-0.2, 0) is 0 Å². The molecule has 72 valence electrons. The third kappa shape index (κ3) is 1.75. The Morgan fingerprint density at radius 3 is 3.00 bits per heavy atom. The monoisotopic (exact) mass is 179 g/mol. The number of nitrogens with one attached hydrogen (secondary N) is 2. The second-order valence-corrected chi connectivity index (χ2v) is 3.70. The molecule has 13 heavy (non-hydrogen) atoms. The minimum atomic E-state index is 0.453. The highest BCUT2D eigenvalue weighted by Gasteiger charge is 2.29. The van der Waals surface area contributed by atoms with Gasteiger partial charge in [-0.25, -0.2) is 4.98 Å². The summed E-state index contributed by atoms with van der Waals surface area (Å²) in [6.07, 6.45) is 7.81. The topological polar surface area (TPSA) is 40.7 Å². The van der Waals surface area contributed by atoms with E-state index in [1.807, 2.05) is 12.4 Å². The number of H-pyrrole nitrogens is 1. The molecule has 0 saturated heterocycles. The summed E-state index contributed by atoms with van der Waals surface area (Å²) in [6.45, 7) is 3.16. The van der Waals surface area contributed by atoms with E-state index in [-0.39, 0.29) is 0 Å². The highest BCUT2D eigenvalue weighted by Crippen LogP contribution is 2.36. The lowest BCUT2D eigenvalue weighted by atomic mass is 9.79. The van der Waals surface area contributed by atoms with Crippen LogP contribution in [0.25, 0.3) is 0 Å². The molecule has 1 saturated carbocycles. The quantitative estimate of drug-likeness (QED) is 0.740. The standard InChI is InChI=1S/C10H17N3/c1-2-11-9(8-4-3-5-8)10-12-6-7-13-10/h6-9,11H,2-5H2,1H3,(H,12,13). The van der Waals surface area contributed by atoms with Crippen LogP contribution in [0, 0.1) is 5.92 Å². The average molecular weight is 179 g/mol. The predicted octanol–water partition coefficient (Wildman–Crippen LogP) is 1.86. The van der Waals surface area contributed by atoms with E-state index in [4.69, 9.17) is 0 Å². The molecule has 1 atom stereocenters. The molecule has 0 aliphatic heterocycles. The molecule has 3 heteroatoms. The van der Waals surface area contributed by atoms with E-state index in [0.717, 1.165) is 18.3 Å². The van der Waals surface area contributed by atoms with Crippen molar-refractivity contribution in [2.75, 3.05) is 6.54 Å². The molecule has 1 heterocycles. The normalized spacial score (nSPS) is 19.8.